The molecule has 0 bridgehead atoms. The van der Waals surface area contributed by atoms with E-state index < -0.39 is 6.10 Å². The lowest BCUT2D eigenvalue weighted by atomic mass is 9.94. The van der Waals surface area contributed by atoms with Crippen LogP contribution in [0, 0.1) is 5.92 Å². The van der Waals surface area contributed by atoms with Crippen molar-refractivity contribution in [2.24, 2.45) is 5.92 Å². The fourth-order valence-electron chi connectivity index (χ4n) is 3.01. The van der Waals surface area contributed by atoms with Crippen molar-refractivity contribution in [3.8, 4) is 11.5 Å². The van der Waals surface area contributed by atoms with Crippen LogP contribution in [0.3, 0.4) is 0 Å². The molecule has 2 rings (SSSR count). The number of methoxy groups -OCH3 is 2. The molecule has 0 amide bonds. The minimum atomic E-state index is -0.524. The SMILES string of the molecule is CCC1CCN(CC(O)c2ccc(OC)cc2OC)CC1. The number of nitrogens with zero attached hydrogens (tertiary/aromatic N) is 1. The zero-order valence-electron chi connectivity index (χ0n) is 13.3. The topological polar surface area (TPSA) is 41.9 Å². The molecule has 1 aliphatic rings. The first-order chi connectivity index (χ1) is 10.2. The molecular formula is C17H27NO3. The molecule has 1 aromatic rings. The summed E-state index contributed by atoms with van der Waals surface area (Å²) in [6.07, 6.45) is 3.22. The molecule has 0 radical (unpaired) electrons. The van der Waals surface area contributed by atoms with Gasteiger partial charge in [0, 0.05) is 18.2 Å². The van der Waals surface area contributed by atoms with Crippen molar-refractivity contribution in [2.45, 2.75) is 32.3 Å². The molecule has 1 atom stereocenters. The molecule has 0 aliphatic carbocycles. The number of likely N-dealkylation sites (tertiary alicyclic amines) is 1. The largest absolute Gasteiger partial charge is 0.497 e. The molecule has 1 N–H and O–H groups in total. The van der Waals surface area contributed by atoms with Crippen LogP contribution in [-0.2, 0) is 0 Å². The summed E-state index contributed by atoms with van der Waals surface area (Å²) in [6, 6.07) is 5.58. The minimum absolute atomic E-state index is 0.524. The summed E-state index contributed by atoms with van der Waals surface area (Å²) in [5.74, 6) is 2.28. The Morgan fingerprint density at radius 3 is 2.52 bits per heavy atom. The Morgan fingerprint density at radius 2 is 1.95 bits per heavy atom. The third kappa shape index (κ3) is 4.11. The summed E-state index contributed by atoms with van der Waals surface area (Å²) < 4.78 is 10.6. The Kier molecular flexibility index (Phi) is 5.88. The molecular weight excluding hydrogens is 266 g/mol. The molecule has 0 spiro atoms. The van der Waals surface area contributed by atoms with Gasteiger partial charge in [-0.3, -0.25) is 0 Å². The average Bonchev–Trinajstić information content (AvgIpc) is 2.54. The summed E-state index contributed by atoms with van der Waals surface area (Å²) in [7, 11) is 3.25. The third-order valence-electron chi connectivity index (χ3n) is 4.52. The van der Waals surface area contributed by atoms with Crippen LogP contribution in [0.2, 0.25) is 0 Å². The van der Waals surface area contributed by atoms with E-state index in [9.17, 15) is 5.11 Å². The van der Waals surface area contributed by atoms with Gasteiger partial charge in [0.1, 0.15) is 11.5 Å². The molecule has 1 fully saturated rings. The molecule has 1 aromatic carbocycles. The van der Waals surface area contributed by atoms with Crippen LogP contribution in [0.4, 0.5) is 0 Å². The van der Waals surface area contributed by atoms with Gasteiger partial charge in [0.25, 0.3) is 0 Å². The second-order valence-corrected chi connectivity index (χ2v) is 5.78. The highest BCUT2D eigenvalue weighted by Gasteiger charge is 2.22. The van der Waals surface area contributed by atoms with Gasteiger partial charge in [-0.1, -0.05) is 13.3 Å². The van der Waals surface area contributed by atoms with Crippen molar-refractivity contribution in [2.75, 3.05) is 33.9 Å². The normalized spacial score (nSPS) is 18.5. The number of rotatable bonds is 6. The van der Waals surface area contributed by atoms with Gasteiger partial charge in [-0.2, -0.15) is 0 Å². The lowest BCUT2D eigenvalue weighted by molar-refractivity contribution is 0.0870. The highest BCUT2D eigenvalue weighted by Crippen LogP contribution is 2.30. The number of hydrogen-bond donors (Lipinski definition) is 1. The van der Waals surface area contributed by atoms with E-state index >= 15 is 0 Å². The van der Waals surface area contributed by atoms with Crippen LogP contribution < -0.4 is 9.47 Å². The van der Waals surface area contributed by atoms with E-state index in [4.69, 9.17) is 9.47 Å². The Hall–Kier alpha value is -1.26. The van der Waals surface area contributed by atoms with Gasteiger partial charge < -0.3 is 19.5 Å². The molecule has 4 nitrogen and oxygen atoms in total. The standard InChI is InChI=1S/C17H27NO3/c1-4-13-7-9-18(10-8-13)12-16(19)15-6-5-14(20-2)11-17(15)21-3/h5-6,11,13,16,19H,4,7-10,12H2,1-3H3. The lowest BCUT2D eigenvalue weighted by Gasteiger charge is -2.33. The molecule has 1 heterocycles. The number of aliphatic hydroxyl groups excluding tert-OH is 1. The number of ether oxygens (including phenoxy) is 2. The Balaban J connectivity index is 1.98. The number of piperidine rings is 1. The summed E-state index contributed by atoms with van der Waals surface area (Å²) in [6.45, 7) is 5.08. The monoisotopic (exact) mass is 293 g/mol. The van der Waals surface area contributed by atoms with Gasteiger partial charge >= 0.3 is 0 Å². The van der Waals surface area contributed by atoms with Crippen LogP contribution in [0.15, 0.2) is 18.2 Å². The smallest absolute Gasteiger partial charge is 0.128 e. The number of aliphatic hydroxyl groups is 1. The zero-order valence-corrected chi connectivity index (χ0v) is 13.3. The van der Waals surface area contributed by atoms with Crippen molar-refractivity contribution < 1.29 is 14.6 Å². The van der Waals surface area contributed by atoms with E-state index in [0.717, 1.165) is 30.3 Å². The number of hydrogen-bond acceptors (Lipinski definition) is 4. The predicted octanol–water partition coefficient (Wildman–Crippen LogP) is 2.86. The average molecular weight is 293 g/mol. The second kappa shape index (κ2) is 7.66. The van der Waals surface area contributed by atoms with Gasteiger partial charge in [-0.05, 0) is 44.0 Å². The summed E-state index contributed by atoms with van der Waals surface area (Å²) >= 11 is 0. The lowest BCUT2D eigenvalue weighted by Crippen LogP contribution is -2.36. The highest BCUT2D eigenvalue weighted by atomic mass is 16.5. The molecule has 118 valence electrons. The fraction of sp³-hybridized carbons (Fsp3) is 0.647. The van der Waals surface area contributed by atoms with Gasteiger partial charge in [-0.25, -0.2) is 0 Å². The van der Waals surface area contributed by atoms with Gasteiger partial charge in [0.15, 0.2) is 0 Å². The number of β-amino-alcohol motifs (C(OH)–C–C–N with tert-alkyl or cyclic N) is 1. The van der Waals surface area contributed by atoms with Crippen LogP contribution in [0.25, 0.3) is 0 Å². The first kappa shape index (κ1) is 16.1. The van der Waals surface area contributed by atoms with Gasteiger partial charge in [0.2, 0.25) is 0 Å². The maximum atomic E-state index is 10.5. The Labute approximate surface area is 127 Å². The summed E-state index contributed by atoms with van der Waals surface area (Å²) in [5.41, 5.74) is 0.830. The number of benzene rings is 1. The third-order valence-corrected chi connectivity index (χ3v) is 4.52. The Bertz CT molecular complexity index is 442. The minimum Gasteiger partial charge on any atom is -0.497 e. The quantitative estimate of drug-likeness (QED) is 0.876. The van der Waals surface area contributed by atoms with Crippen molar-refractivity contribution in [3.05, 3.63) is 23.8 Å². The van der Waals surface area contributed by atoms with E-state index in [-0.39, 0.29) is 0 Å². The van der Waals surface area contributed by atoms with Crippen molar-refractivity contribution in [1.82, 2.24) is 4.90 Å². The van der Waals surface area contributed by atoms with Crippen molar-refractivity contribution >= 4 is 0 Å². The first-order valence-corrected chi connectivity index (χ1v) is 7.80. The Morgan fingerprint density at radius 1 is 1.24 bits per heavy atom. The van der Waals surface area contributed by atoms with Crippen LogP contribution in [-0.4, -0.2) is 43.9 Å². The van der Waals surface area contributed by atoms with E-state index in [1.54, 1.807) is 14.2 Å². The van der Waals surface area contributed by atoms with Gasteiger partial charge in [-0.15, -0.1) is 0 Å². The van der Waals surface area contributed by atoms with E-state index in [1.165, 1.54) is 19.3 Å². The summed E-state index contributed by atoms with van der Waals surface area (Å²) in [5, 5.41) is 10.5. The maximum Gasteiger partial charge on any atom is 0.128 e. The van der Waals surface area contributed by atoms with Crippen LogP contribution in [0.1, 0.15) is 37.9 Å². The molecule has 21 heavy (non-hydrogen) atoms. The predicted molar refractivity (Wildman–Crippen MR) is 84.0 cm³/mol. The van der Waals surface area contributed by atoms with E-state index in [1.807, 2.05) is 18.2 Å². The van der Waals surface area contributed by atoms with Crippen LogP contribution >= 0.6 is 0 Å². The van der Waals surface area contributed by atoms with E-state index in [2.05, 4.69) is 11.8 Å². The van der Waals surface area contributed by atoms with Crippen molar-refractivity contribution in [1.29, 1.82) is 0 Å². The molecule has 1 saturated heterocycles. The molecule has 0 saturated carbocycles. The summed E-state index contributed by atoms with van der Waals surface area (Å²) in [4.78, 5) is 2.35. The molecule has 0 aromatic heterocycles. The fourth-order valence-corrected chi connectivity index (χ4v) is 3.01. The van der Waals surface area contributed by atoms with E-state index in [0.29, 0.717) is 12.3 Å². The maximum absolute atomic E-state index is 10.5. The zero-order chi connectivity index (χ0) is 15.2. The molecule has 1 unspecified atom stereocenters. The highest BCUT2D eigenvalue weighted by molar-refractivity contribution is 5.42. The molecule has 1 aliphatic heterocycles. The van der Waals surface area contributed by atoms with Crippen LogP contribution in [0.5, 0.6) is 11.5 Å². The van der Waals surface area contributed by atoms with Gasteiger partial charge in [0.05, 0.1) is 20.3 Å². The molecule has 4 heteroatoms. The first-order valence-electron chi connectivity index (χ1n) is 7.80. The second-order valence-electron chi connectivity index (χ2n) is 5.78. The van der Waals surface area contributed by atoms with Crippen molar-refractivity contribution in [3.63, 3.8) is 0 Å².